The Morgan fingerprint density at radius 2 is 1.42 bits per heavy atom. The fraction of sp³-hybridized carbons (Fsp3) is 0.250. The molecule has 8 heteroatoms. The zero-order valence-electron chi connectivity index (χ0n) is 5.90. The number of rotatable bonds is 3. The van der Waals surface area contributed by atoms with Gasteiger partial charge in [0.25, 0.3) is 0 Å². The van der Waals surface area contributed by atoms with Crippen LogP contribution in [-0.2, 0) is 4.79 Å². The number of carboxylic acids is 1. The lowest BCUT2D eigenvalue weighted by Gasteiger charge is -2.12. The molecule has 0 spiro atoms. The maximum Gasteiger partial charge on any atom is 0.347 e. The fourth-order valence-electron chi connectivity index (χ4n) is 0.444. The number of urea groups is 2. The van der Waals surface area contributed by atoms with E-state index in [0.29, 0.717) is 0 Å². The molecule has 8 nitrogen and oxygen atoms in total. The van der Waals surface area contributed by atoms with Crippen LogP contribution < -0.4 is 22.1 Å². The molecular formula is C4H8N4O4. The predicted octanol–water partition coefficient (Wildman–Crippen LogP) is -2.27. The SMILES string of the molecule is NC(=O)NC(NC(N)=O)C(=O)O. The van der Waals surface area contributed by atoms with Crippen LogP contribution in [0.4, 0.5) is 9.59 Å². The standard InChI is InChI=1S/C4H8N4O4/c5-3(11)7-1(2(9)10)8-4(6)12/h1H,(H,9,10)(H3,5,7,11)(H3,6,8,12). The normalized spacial score (nSPS) is 9.08. The van der Waals surface area contributed by atoms with E-state index in [1.165, 1.54) is 0 Å². The lowest BCUT2D eigenvalue weighted by Crippen LogP contribution is -2.55. The number of amides is 4. The van der Waals surface area contributed by atoms with Gasteiger partial charge in [-0.1, -0.05) is 0 Å². The molecule has 4 amide bonds. The van der Waals surface area contributed by atoms with E-state index < -0.39 is 24.2 Å². The minimum absolute atomic E-state index is 1.07. The lowest BCUT2D eigenvalue weighted by atomic mass is 10.5. The third-order valence-electron chi connectivity index (χ3n) is 0.820. The molecule has 0 aliphatic rings. The second-order valence-electron chi connectivity index (χ2n) is 1.79. The molecule has 0 unspecified atom stereocenters. The summed E-state index contributed by atoms with van der Waals surface area (Å²) in [6, 6.07) is -2.15. The van der Waals surface area contributed by atoms with Gasteiger partial charge in [-0.15, -0.1) is 0 Å². The van der Waals surface area contributed by atoms with Crippen LogP contribution in [0, 0.1) is 0 Å². The molecule has 0 rings (SSSR count). The Bertz CT molecular complexity index is 199. The van der Waals surface area contributed by atoms with Crippen molar-refractivity contribution in [3.05, 3.63) is 0 Å². The number of carbonyl (C=O) groups is 3. The molecule has 0 bridgehead atoms. The Morgan fingerprint density at radius 3 is 1.58 bits per heavy atom. The molecule has 0 heterocycles. The van der Waals surface area contributed by atoms with Gasteiger partial charge >= 0.3 is 18.0 Å². The minimum atomic E-state index is -1.60. The maximum atomic E-state index is 10.2. The van der Waals surface area contributed by atoms with Crippen LogP contribution in [-0.4, -0.2) is 29.3 Å². The van der Waals surface area contributed by atoms with Crippen molar-refractivity contribution < 1.29 is 19.5 Å². The van der Waals surface area contributed by atoms with Gasteiger partial charge < -0.3 is 27.2 Å². The second kappa shape index (κ2) is 4.01. The highest BCUT2D eigenvalue weighted by Gasteiger charge is 2.19. The average molecular weight is 176 g/mol. The molecule has 12 heavy (non-hydrogen) atoms. The van der Waals surface area contributed by atoms with Gasteiger partial charge in [0.05, 0.1) is 0 Å². The van der Waals surface area contributed by atoms with Gasteiger partial charge in [0, 0.05) is 0 Å². The van der Waals surface area contributed by atoms with E-state index in [1.54, 1.807) is 10.6 Å². The van der Waals surface area contributed by atoms with Crippen molar-refractivity contribution >= 4 is 18.0 Å². The molecule has 0 aromatic heterocycles. The summed E-state index contributed by atoms with van der Waals surface area (Å²) in [5.41, 5.74) is 9.20. The summed E-state index contributed by atoms with van der Waals surface area (Å²) < 4.78 is 0. The number of hydrogen-bond donors (Lipinski definition) is 5. The molecule has 0 saturated heterocycles. The van der Waals surface area contributed by atoms with Crippen LogP contribution in [0.2, 0.25) is 0 Å². The first-order chi connectivity index (χ1) is 5.43. The van der Waals surface area contributed by atoms with Crippen LogP contribution in [0.5, 0.6) is 0 Å². The van der Waals surface area contributed by atoms with Gasteiger partial charge in [-0.3, -0.25) is 0 Å². The van der Waals surface area contributed by atoms with Gasteiger partial charge in [0.1, 0.15) is 0 Å². The Morgan fingerprint density at radius 1 is 1.08 bits per heavy atom. The summed E-state index contributed by atoms with van der Waals surface area (Å²) in [7, 11) is 0. The first kappa shape index (κ1) is 10.0. The highest BCUT2D eigenvalue weighted by molar-refractivity contribution is 5.85. The first-order valence-corrected chi connectivity index (χ1v) is 2.78. The van der Waals surface area contributed by atoms with Crippen molar-refractivity contribution in [2.24, 2.45) is 11.5 Å². The van der Waals surface area contributed by atoms with Crippen molar-refractivity contribution in [2.45, 2.75) is 6.17 Å². The van der Waals surface area contributed by atoms with E-state index in [2.05, 4.69) is 11.5 Å². The Balaban J connectivity index is 4.14. The number of primary amides is 2. The zero-order chi connectivity index (χ0) is 9.72. The van der Waals surface area contributed by atoms with Crippen molar-refractivity contribution in [3.63, 3.8) is 0 Å². The van der Waals surface area contributed by atoms with Gasteiger partial charge in [0.15, 0.2) is 0 Å². The largest absolute Gasteiger partial charge is 0.478 e. The zero-order valence-corrected chi connectivity index (χ0v) is 5.90. The summed E-state index contributed by atoms with van der Waals surface area (Å²) in [5, 5.41) is 11.8. The molecule has 0 aliphatic heterocycles. The van der Waals surface area contributed by atoms with Crippen LogP contribution in [0.25, 0.3) is 0 Å². The molecule has 7 N–H and O–H groups in total. The van der Waals surface area contributed by atoms with Gasteiger partial charge in [-0.05, 0) is 0 Å². The number of carbonyl (C=O) groups excluding carboxylic acids is 2. The third-order valence-corrected chi connectivity index (χ3v) is 0.820. The van der Waals surface area contributed by atoms with E-state index in [9.17, 15) is 14.4 Å². The summed E-state index contributed by atoms with van der Waals surface area (Å²) in [6.45, 7) is 0. The van der Waals surface area contributed by atoms with Gasteiger partial charge in [-0.25, -0.2) is 14.4 Å². The smallest absolute Gasteiger partial charge is 0.347 e. The van der Waals surface area contributed by atoms with E-state index in [-0.39, 0.29) is 0 Å². The second-order valence-corrected chi connectivity index (χ2v) is 1.79. The molecule has 68 valence electrons. The number of carboxylic acid groups (broad SMARTS) is 1. The van der Waals surface area contributed by atoms with Crippen molar-refractivity contribution in [1.29, 1.82) is 0 Å². The molecule has 0 aliphatic carbocycles. The minimum Gasteiger partial charge on any atom is -0.478 e. The summed E-state index contributed by atoms with van der Waals surface area (Å²) in [4.78, 5) is 30.5. The van der Waals surface area contributed by atoms with Crippen molar-refractivity contribution in [2.75, 3.05) is 0 Å². The van der Waals surface area contributed by atoms with Crippen LogP contribution in [0.15, 0.2) is 0 Å². The molecule has 0 saturated carbocycles. The summed E-state index contributed by atoms with van der Waals surface area (Å²) in [5.74, 6) is -1.47. The number of hydrogen-bond acceptors (Lipinski definition) is 3. The van der Waals surface area contributed by atoms with Crippen LogP contribution in [0.3, 0.4) is 0 Å². The number of nitrogens with two attached hydrogens (primary N) is 2. The number of nitrogens with one attached hydrogen (secondary N) is 2. The summed E-state index contributed by atoms with van der Waals surface area (Å²) >= 11 is 0. The quantitative estimate of drug-likeness (QED) is 0.308. The van der Waals surface area contributed by atoms with Gasteiger partial charge in [-0.2, -0.15) is 0 Å². The lowest BCUT2D eigenvalue weighted by molar-refractivity contribution is -0.139. The molecule has 0 radical (unpaired) electrons. The predicted molar refractivity (Wildman–Crippen MR) is 36.9 cm³/mol. The van der Waals surface area contributed by atoms with E-state index in [4.69, 9.17) is 5.11 Å². The molecule has 0 aromatic rings. The van der Waals surface area contributed by atoms with Crippen molar-refractivity contribution in [3.8, 4) is 0 Å². The average Bonchev–Trinajstić information content (AvgIpc) is 1.83. The molecular weight excluding hydrogens is 168 g/mol. The highest BCUT2D eigenvalue weighted by Crippen LogP contribution is 1.76. The van der Waals surface area contributed by atoms with E-state index in [1.807, 2.05) is 0 Å². The Hall–Kier alpha value is -1.99. The maximum absolute atomic E-state index is 10.2. The number of aliphatic carboxylic acids is 1. The van der Waals surface area contributed by atoms with E-state index >= 15 is 0 Å². The first-order valence-electron chi connectivity index (χ1n) is 2.78. The Labute approximate surface area is 66.9 Å². The van der Waals surface area contributed by atoms with E-state index in [0.717, 1.165) is 0 Å². The van der Waals surface area contributed by atoms with Crippen LogP contribution >= 0.6 is 0 Å². The monoisotopic (exact) mass is 176 g/mol. The fourth-order valence-corrected chi connectivity index (χ4v) is 0.444. The summed E-state index contributed by atoms with van der Waals surface area (Å²) in [6.07, 6.45) is -1.60. The highest BCUT2D eigenvalue weighted by atomic mass is 16.4. The van der Waals surface area contributed by atoms with Crippen molar-refractivity contribution in [1.82, 2.24) is 10.6 Å². The molecule has 0 atom stereocenters. The molecule has 0 fully saturated rings. The Kier molecular flexibility index (Phi) is 3.34. The third kappa shape index (κ3) is 3.93. The molecule has 0 aromatic carbocycles. The van der Waals surface area contributed by atoms with Crippen LogP contribution in [0.1, 0.15) is 0 Å². The van der Waals surface area contributed by atoms with Gasteiger partial charge in [0.2, 0.25) is 6.17 Å². The topological polar surface area (TPSA) is 148 Å².